The zero-order valence-corrected chi connectivity index (χ0v) is 13.0. The molecule has 21 heavy (non-hydrogen) atoms. The molecule has 0 radical (unpaired) electrons. The molecule has 1 aliphatic rings. The topological polar surface area (TPSA) is 55.6 Å². The van der Waals surface area contributed by atoms with Gasteiger partial charge in [-0.15, -0.1) is 0 Å². The highest BCUT2D eigenvalue weighted by Crippen LogP contribution is 2.24. The third kappa shape index (κ3) is 4.21. The van der Waals surface area contributed by atoms with Crippen LogP contribution >= 0.6 is 0 Å². The summed E-state index contributed by atoms with van der Waals surface area (Å²) in [5.74, 6) is 0.791. The first kappa shape index (κ1) is 15.8. The van der Waals surface area contributed by atoms with Gasteiger partial charge in [-0.2, -0.15) is 0 Å². The Morgan fingerprint density at radius 3 is 2.38 bits per heavy atom. The Morgan fingerprint density at radius 1 is 1.14 bits per heavy atom. The predicted molar refractivity (Wildman–Crippen MR) is 84.2 cm³/mol. The summed E-state index contributed by atoms with van der Waals surface area (Å²) in [6.45, 7) is 5.44. The molecule has 0 saturated carbocycles. The molecule has 4 nitrogen and oxygen atoms in total. The quantitative estimate of drug-likeness (QED) is 0.927. The number of amides is 1. The highest BCUT2D eigenvalue weighted by Gasteiger charge is 2.23. The van der Waals surface area contributed by atoms with E-state index in [1.165, 1.54) is 12.8 Å². The lowest BCUT2D eigenvalue weighted by molar-refractivity contribution is -0.137. The van der Waals surface area contributed by atoms with Crippen molar-refractivity contribution in [2.45, 2.75) is 51.7 Å². The Hall–Kier alpha value is -1.55. The van der Waals surface area contributed by atoms with Gasteiger partial charge in [-0.3, -0.25) is 4.79 Å². The highest BCUT2D eigenvalue weighted by atomic mass is 16.5. The first-order chi connectivity index (χ1) is 10.1. The molecule has 1 saturated heterocycles. The van der Waals surface area contributed by atoms with Crippen LogP contribution in [0.1, 0.15) is 51.1 Å². The molecule has 116 valence electrons. The monoisotopic (exact) mass is 290 g/mol. The van der Waals surface area contributed by atoms with Gasteiger partial charge in [0.05, 0.1) is 0 Å². The molecule has 0 aromatic heterocycles. The van der Waals surface area contributed by atoms with Gasteiger partial charge in [-0.25, -0.2) is 0 Å². The predicted octanol–water partition coefficient (Wildman–Crippen LogP) is 2.88. The smallest absolute Gasteiger partial charge is 0.263 e. The summed E-state index contributed by atoms with van der Waals surface area (Å²) in [4.78, 5) is 14.4. The summed E-state index contributed by atoms with van der Waals surface area (Å²) in [6.07, 6.45) is 4.14. The number of carbonyl (C=O) groups is 1. The average Bonchev–Trinajstić information content (AvgIpc) is 2.75. The van der Waals surface area contributed by atoms with E-state index in [0.29, 0.717) is 5.75 Å². The van der Waals surface area contributed by atoms with Gasteiger partial charge in [0.2, 0.25) is 0 Å². The fourth-order valence-electron chi connectivity index (χ4n) is 2.75. The molecular formula is C17H26N2O2. The van der Waals surface area contributed by atoms with Gasteiger partial charge in [-0.05, 0) is 32.8 Å². The molecule has 0 bridgehead atoms. The summed E-state index contributed by atoms with van der Waals surface area (Å²) < 4.78 is 5.89. The number of para-hydroxylation sites is 1. The Bertz CT molecular complexity index is 466. The largest absolute Gasteiger partial charge is 0.481 e. The van der Waals surface area contributed by atoms with Crippen LogP contribution in [0.25, 0.3) is 0 Å². The van der Waals surface area contributed by atoms with Crippen molar-refractivity contribution in [3.63, 3.8) is 0 Å². The van der Waals surface area contributed by atoms with Gasteiger partial charge in [0.25, 0.3) is 5.91 Å². The van der Waals surface area contributed by atoms with E-state index in [4.69, 9.17) is 10.5 Å². The minimum Gasteiger partial charge on any atom is -0.481 e. The minimum absolute atomic E-state index is 0.0800. The summed E-state index contributed by atoms with van der Waals surface area (Å²) in [7, 11) is 0. The second kappa shape index (κ2) is 7.46. The maximum absolute atomic E-state index is 12.5. The number of carbonyl (C=O) groups excluding carboxylic acids is 1. The normalized spacial score (nSPS) is 18.7. The van der Waals surface area contributed by atoms with E-state index in [1.54, 1.807) is 0 Å². The summed E-state index contributed by atoms with van der Waals surface area (Å²) in [6, 6.07) is 7.56. The van der Waals surface area contributed by atoms with Crippen LogP contribution in [0.15, 0.2) is 24.3 Å². The van der Waals surface area contributed by atoms with Crippen LogP contribution in [0.2, 0.25) is 0 Å². The van der Waals surface area contributed by atoms with Crippen molar-refractivity contribution in [3.05, 3.63) is 29.8 Å². The molecule has 0 aliphatic carbocycles. The van der Waals surface area contributed by atoms with Gasteiger partial charge >= 0.3 is 0 Å². The third-order valence-corrected chi connectivity index (χ3v) is 3.98. The maximum atomic E-state index is 12.5. The van der Waals surface area contributed by atoms with Gasteiger partial charge in [0.1, 0.15) is 5.75 Å². The third-order valence-electron chi connectivity index (χ3n) is 3.98. The number of likely N-dealkylation sites (tertiary alicyclic amines) is 1. The molecule has 0 spiro atoms. The number of nitrogens with two attached hydrogens (primary N) is 1. The minimum atomic E-state index is -0.469. The standard InChI is InChI=1S/C17H26N2O2/c1-13(18)15-9-5-6-10-16(15)21-14(2)17(20)19-11-7-3-4-8-12-19/h5-6,9-10,13-14H,3-4,7-8,11-12,18H2,1-2H3/t13-,14?/m1/s1. The van der Waals surface area contributed by atoms with Crippen LogP contribution in [0.5, 0.6) is 5.75 Å². The molecule has 2 atom stereocenters. The van der Waals surface area contributed by atoms with E-state index in [9.17, 15) is 4.79 Å². The van der Waals surface area contributed by atoms with Crippen molar-refractivity contribution in [2.75, 3.05) is 13.1 Å². The first-order valence-corrected chi connectivity index (χ1v) is 7.89. The van der Waals surface area contributed by atoms with Crippen molar-refractivity contribution < 1.29 is 9.53 Å². The first-order valence-electron chi connectivity index (χ1n) is 7.89. The van der Waals surface area contributed by atoms with E-state index in [2.05, 4.69) is 0 Å². The van der Waals surface area contributed by atoms with Gasteiger partial charge < -0.3 is 15.4 Å². The molecule has 4 heteroatoms. The fourth-order valence-corrected chi connectivity index (χ4v) is 2.75. The second-order valence-corrected chi connectivity index (χ2v) is 5.83. The number of benzene rings is 1. The van der Waals surface area contributed by atoms with E-state index < -0.39 is 6.10 Å². The van der Waals surface area contributed by atoms with Crippen molar-refractivity contribution >= 4 is 5.91 Å². The van der Waals surface area contributed by atoms with Crippen LogP contribution in [-0.2, 0) is 4.79 Å². The Balaban J connectivity index is 2.03. The number of nitrogens with zero attached hydrogens (tertiary/aromatic N) is 1. The molecule has 1 aromatic carbocycles. The Labute approximate surface area is 127 Å². The molecule has 2 rings (SSSR count). The summed E-state index contributed by atoms with van der Waals surface area (Å²) in [5.41, 5.74) is 6.89. The molecule has 1 amide bonds. The highest BCUT2D eigenvalue weighted by molar-refractivity contribution is 5.81. The van der Waals surface area contributed by atoms with Crippen LogP contribution < -0.4 is 10.5 Å². The lowest BCUT2D eigenvalue weighted by Crippen LogP contribution is -2.41. The summed E-state index contributed by atoms with van der Waals surface area (Å²) in [5, 5.41) is 0. The van der Waals surface area contributed by atoms with E-state index in [1.807, 2.05) is 43.0 Å². The Kier molecular flexibility index (Phi) is 5.62. The maximum Gasteiger partial charge on any atom is 0.263 e. The van der Waals surface area contributed by atoms with Crippen molar-refractivity contribution in [3.8, 4) is 5.75 Å². The fraction of sp³-hybridized carbons (Fsp3) is 0.588. The number of ether oxygens (including phenoxy) is 1. The second-order valence-electron chi connectivity index (χ2n) is 5.83. The van der Waals surface area contributed by atoms with Gasteiger partial charge in [-0.1, -0.05) is 31.0 Å². The molecule has 1 fully saturated rings. The van der Waals surface area contributed by atoms with Crippen LogP contribution in [-0.4, -0.2) is 30.0 Å². The molecule has 2 N–H and O–H groups in total. The van der Waals surface area contributed by atoms with Gasteiger partial charge in [0, 0.05) is 24.7 Å². The average molecular weight is 290 g/mol. The molecule has 1 aliphatic heterocycles. The molecule has 1 heterocycles. The molecular weight excluding hydrogens is 264 g/mol. The van der Waals surface area contributed by atoms with Crippen LogP contribution in [0, 0.1) is 0 Å². The molecule has 1 unspecified atom stereocenters. The van der Waals surface area contributed by atoms with Crippen molar-refractivity contribution in [1.29, 1.82) is 0 Å². The number of hydrogen-bond acceptors (Lipinski definition) is 3. The van der Waals surface area contributed by atoms with Crippen LogP contribution in [0.4, 0.5) is 0 Å². The van der Waals surface area contributed by atoms with E-state index in [0.717, 1.165) is 31.5 Å². The zero-order valence-electron chi connectivity index (χ0n) is 13.0. The Morgan fingerprint density at radius 2 is 1.76 bits per heavy atom. The van der Waals surface area contributed by atoms with E-state index >= 15 is 0 Å². The summed E-state index contributed by atoms with van der Waals surface area (Å²) >= 11 is 0. The van der Waals surface area contributed by atoms with E-state index in [-0.39, 0.29) is 11.9 Å². The van der Waals surface area contributed by atoms with Crippen LogP contribution in [0.3, 0.4) is 0 Å². The van der Waals surface area contributed by atoms with Crippen molar-refractivity contribution in [1.82, 2.24) is 4.90 Å². The lowest BCUT2D eigenvalue weighted by Gasteiger charge is -2.25. The number of hydrogen-bond donors (Lipinski definition) is 1. The lowest BCUT2D eigenvalue weighted by atomic mass is 10.1. The van der Waals surface area contributed by atoms with Gasteiger partial charge in [0.15, 0.2) is 6.10 Å². The SMILES string of the molecule is CC(Oc1ccccc1[C@@H](C)N)C(=O)N1CCCCCC1. The number of rotatable bonds is 4. The zero-order chi connectivity index (χ0) is 15.2. The van der Waals surface area contributed by atoms with Crippen molar-refractivity contribution in [2.24, 2.45) is 5.73 Å². The molecule has 1 aromatic rings.